The lowest BCUT2D eigenvalue weighted by Gasteiger charge is -2.20. The molecule has 0 fully saturated rings. The van der Waals surface area contributed by atoms with E-state index in [0.29, 0.717) is 5.56 Å². The molecule has 0 unspecified atom stereocenters. The van der Waals surface area contributed by atoms with Gasteiger partial charge in [0.25, 0.3) is 5.69 Å². The van der Waals surface area contributed by atoms with Gasteiger partial charge in [-0.05, 0) is 71.5 Å². The number of hydrogen-bond acceptors (Lipinski definition) is 6. The average molecular weight is 534 g/mol. The van der Waals surface area contributed by atoms with Crippen molar-refractivity contribution in [3.8, 4) is 11.1 Å². The Kier molecular flexibility index (Phi) is 8.33. The third kappa shape index (κ3) is 6.33. The molecule has 0 amide bonds. The number of pyridine rings is 1. The number of halogens is 2. The fourth-order valence-corrected chi connectivity index (χ4v) is 4.42. The van der Waals surface area contributed by atoms with Crippen LogP contribution in [0.4, 0.5) is 15.8 Å². The molecule has 4 rings (SSSR count). The summed E-state index contributed by atoms with van der Waals surface area (Å²) in [6.45, 7) is 4.14. The van der Waals surface area contributed by atoms with E-state index in [-0.39, 0.29) is 30.4 Å². The van der Waals surface area contributed by atoms with E-state index >= 15 is 0 Å². The summed E-state index contributed by atoms with van der Waals surface area (Å²) in [4.78, 5) is 27.5. The third-order valence-electron chi connectivity index (χ3n) is 6.19. The van der Waals surface area contributed by atoms with Gasteiger partial charge in [-0.2, -0.15) is 0 Å². The molecule has 0 atom stereocenters. The summed E-state index contributed by atoms with van der Waals surface area (Å²) in [7, 11) is 0. The normalized spacial score (nSPS) is 10.7. The number of carbonyl (C=O) groups excluding carboxylic acids is 1. The van der Waals surface area contributed by atoms with Gasteiger partial charge < -0.3 is 10.1 Å². The van der Waals surface area contributed by atoms with Crippen LogP contribution in [0.25, 0.3) is 11.1 Å². The highest BCUT2D eigenvalue weighted by molar-refractivity contribution is 6.30. The van der Waals surface area contributed by atoms with Gasteiger partial charge in [0.05, 0.1) is 17.5 Å². The topological polar surface area (TPSA) is 94.4 Å². The highest BCUT2D eigenvalue weighted by atomic mass is 35.5. The first kappa shape index (κ1) is 26.8. The van der Waals surface area contributed by atoms with Crippen molar-refractivity contribution in [3.63, 3.8) is 0 Å². The number of esters is 1. The van der Waals surface area contributed by atoms with Gasteiger partial charge in [0, 0.05) is 29.9 Å². The van der Waals surface area contributed by atoms with Crippen molar-refractivity contribution < 1.29 is 18.8 Å². The van der Waals surface area contributed by atoms with Crippen LogP contribution in [0.1, 0.15) is 27.8 Å². The van der Waals surface area contributed by atoms with Crippen LogP contribution in [-0.4, -0.2) is 15.9 Å². The van der Waals surface area contributed by atoms with Crippen LogP contribution in [0, 0.1) is 29.8 Å². The van der Waals surface area contributed by atoms with Gasteiger partial charge in [-0.1, -0.05) is 41.9 Å². The first-order valence-corrected chi connectivity index (χ1v) is 12.2. The summed E-state index contributed by atoms with van der Waals surface area (Å²) >= 11 is 6.13. The van der Waals surface area contributed by atoms with Crippen LogP contribution in [0.5, 0.6) is 0 Å². The number of non-ortho nitro benzene ring substituents is 1. The summed E-state index contributed by atoms with van der Waals surface area (Å²) in [6.07, 6.45) is 1.04. The molecule has 0 aliphatic heterocycles. The number of benzene rings is 3. The molecule has 0 radical (unpaired) electrons. The molecule has 4 aromatic rings. The van der Waals surface area contributed by atoms with E-state index in [1.54, 1.807) is 12.1 Å². The number of nitrogens with zero attached hydrogens (tertiary/aromatic N) is 2. The molecule has 0 aliphatic carbocycles. The zero-order valence-corrected chi connectivity index (χ0v) is 21.6. The maximum Gasteiger partial charge on any atom is 0.310 e. The summed E-state index contributed by atoms with van der Waals surface area (Å²) in [6, 6.07) is 18.8. The molecule has 3 aromatic carbocycles. The Hall–Kier alpha value is -4.30. The zero-order valence-electron chi connectivity index (χ0n) is 20.8. The molecule has 0 spiro atoms. The molecular formula is C29H25ClFN3O4. The maximum absolute atomic E-state index is 13.7. The third-order valence-corrected chi connectivity index (χ3v) is 6.53. The summed E-state index contributed by atoms with van der Waals surface area (Å²) in [5, 5.41) is 14.6. The van der Waals surface area contributed by atoms with Gasteiger partial charge in [0.2, 0.25) is 0 Å². The smallest absolute Gasteiger partial charge is 0.310 e. The minimum atomic E-state index is -0.491. The highest BCUT2D eigenvalue weighted by Gasteiger charge is 2.20. The van der Waals surface area contributed by atoms with Crippen molar-refractivity contribution in [3.05, 3.63) is 122 Å². The average Bonchev–Trinajstić information content (AvgIpc) is 2.91. The number of aromatic nitrogens is 1. The predicted octanol–water partition coefficient (Wildman–Crippen LogP) is 6.96. The number of nitrogens with one attached hydrogen (secondary N) is 1. The molecular weight excluding hydrogens is 509 g/mol. The highest BCUT2D eigenvalue weighted by Crippen LogP contribution is 2.36. The lowest BCUT2D eigenvalue weighted by molar-refractivity contribution is -0.384. The number of rotatable bonds is 9. The van der Waals surface area contributed by atoms with Crippen molar-refractivity contribution >= 4 is 28.9 Å². The second-order valence-corrected chi connectivity index (χ2v) is 9.16. The zero-order chi connectivity index (χ0) is 27.2. The van der Waals surface area contributed by atoms with E-state index in [1.807, 2.05) is 50.2 Å². The molecule has 38 heavy (non-hydrogen) atoms. The van der Waals surface area contributed by atoms with E-state index < -0.39 is 16.7 Å². The Morgan fingerprint density at radius 2 is 1.82 bits per heavy atom. The molecule has 1 N–H and O–H groups in total. The Labute approximate surface area is 224 Å². The summed E-state index contributed by atoms with van der Waals surface area (Å²) in [5.41, 5.74) is 5.98. The van der Waals surface area contributed by atoms with Crippen molar-refractivity contribution in [2.45, 2.75) is 33.4 Å². The van der Waals surface area contributed by atoms with Crippen molar-refractivity contribution in [1.82, 2.24) is 4.98 Å². The van der Waals surface area contributed by atoms with Gasteiger partial charge in [0.1, 0.15) is 17.6 Å². The molecule has 0 saturated carbocycles. The molecule has 9 heteroatoms. The van der Waals surface area contributed by atoms with Crippen LogP contribution in [0.15, 0.2) is 72.9 Å². The van der Waals surface area contributed by atoms with Crippen LogP contribution in [0.3, 0.4) is 0 Å². The Balaban J connectivity index is 1.68. The number of hydrogen-bond donors (Lipinski definition) is 1. The molecule has 7 nitrogen and oxygen atoms in total. The first-order valence-electron chi connectivity index (χ1n) is 11.8. The van der Waals surface area contributed by atoms with Crippen molar-refractivity contribution in [1.29, 1.82) is 0 Å². The lowest BCUT2D eigenvalue weighted by Crippen LogP contribution is -2.12. The Bertz CT molecular complexity index is 1480. The summed E-state index contributed by atoms with van der Waals surface area (Å²) in [5.74, 6) is -0.900. The molecule has 0 saturated heterocycles. The Morgan fingerprint density at radius 1 is 1.11 bits per heavy atom. The lowest BCUT2D eigenvalue weighted by atomic mass is 9.88. The molecule has 0 aliphatic rings. The fraction of sp³-hybridized carbons (Fsp3) is 0.172. The van der Waals surface area contributed by atoms with Crippen LogP contribution >= 0.6 is 11.6 Å². The molecule has 1 aromatic heterocycles. The second-order valence-electron chi connectivity index (χ2n) is 8.80. The quantitative estimate of drug-likeness (QED) is 0.108. The Morgan fingerprint density at radius 3 is 2.50 bits per heavy atom. The summed E-state index contributed by atoms with van der Waals surface area (Å²) < 4.78 is 19.2. The monoisotopic (exact) mass is 533 g/mol. The first-order chi connectivity index (χ1) is 18.2. The minimum Gasteiger partial charge on any atom is -0.461 e. The fourth-order valence-electron chi connectivity index (χ4n) is 4.25. The number of nitro groups is 1. The van der Waals surface area contributed by atoms with Crippen LogP contribution in [0.2, 0.25) is 5.15 Å². The van der Waals surface area contributed by atoms with Gasteiger partial charge in [-0.15, -0.1) is 0 Å². The van der Waals surface area contributed by atoms with E-state index in [9.17, 15) is 19.3 Å². The second kappa shape index (κ2) is 11.8. The van der Waals surface area contributed by atoms with Crippen LogP contribution < -0.4 is 5.32 Å². The standard InChI is InChI=1S/C29H25ClFN3O4/c1-18-12-26(32-15-22-13-23(31)16-33-29(22)30)19(2)25(14-27(35)38-17-20-6-4-3-5-7-20)28(18)21-8-10-24(11-9-21)34(36)37/h3-13,16,32H,14-15,17H2,1-2H3. The maximum atomic E-state index is 13.7. The number of aryl methyl sites for hydroxylation is 1. The molecule has 1 heterocycles. The van der Waals surface area contributed by atoms with E-state index in [4.69, 9.17) is 16.3 Å². The van der Waals surface area contributed by atoms with Crippen molar-refractivity contribution in [2.75, 3.05) is 5.32 Å². The molecule has 194 valence electrons. The van der Waals surface area contributed by atoms with E-state index in [2.05, 4.69) is 10.3 Å². The van der Waals surface area contributed by atoms with Gasteiger partial charge in [0.15, 0.2) is 0 Å². The molecule has 0 bridgehead atoms. The minimum absolute atomic E-state index is 0.0103. The predicted molar refractivity (Wildman–Crippen MR) is 144 cm³/mol. The van der Waals surface area contributed by atoms with Crippen LogP contribution in [-0.2, 0) is 29.1 Å². The SMILES string of the molecule is Cc1cc(NCc2cc(F)cnc2Cl)c(C)c(CC(=O)OCc2ccccc2)c1-c1ccc([N+](=O)[O-])cc1. The van der Waals surface area contributed by atoms with E-state index in [0.717, 1.165) is 45.3 Å². The van der Waals surface area contributed by atoms with Crippen molar-refractivity contribution in [2.24, 2.45) is 0 Å². The largest absolute Gasteiger partial charge is 0.461 e. The van der Waals surface area contributed by atoms with Gasteiger partial charge in [-0.25, -0.2) is 9.37 Å². The van der Waals surface area contributed by atoms with Gasteiger partial charge in [-0.3, -0.25) is 14.9 Å². The van der Waals surface area contributed by atoms with E-state index in [1.165, 1.54) is 18.2 Å². The number of nitro benzene ring substituents is 1. The van der Waals surface area contributed by atoms with Gasteiger partial charge >= 0.3 is 5.97 Å². The number of anilines is 1. The number of ether oxygens (including phenoxy) is 1. The number of carbonyl (C=O) groups is 1.